The molecule has 0 unspecified atom stereocenters. The highest BCUT2D eigenvalue weighted by atomic mass is 16.5. The van der Waals surface area contributed by atoms with Gasteiger partial charge >= 0.3 is 0 Å². The molecule has 1 aliphatic carbocycles. The number of anilines is 1. The molecule has 4 rings (SSSR count). The third kappa shape index (κ3) is 3.64. The molecule has 3 aliphatic rings. The molecule has 0 radical (unpaired) electrons. The Kier molecular flexibility index (Phi) is 4.72. The molecule has 0 atom stereocenters. The maximum absolute atomic E-state index is 6.22. The van der Waals surface area contributed by atoms with Crippen molar-refractivity contribution in [2.45, 2.75) is 44.2 Å². The van der Waals surface area contributed by atoms with Gasteiger partial charge in [-0.05, 0) is 49.9 Å². The van der Waals surface area contributed by atoms with Crippen LogP contribution in [0, 0.1) is 0 Å². The standard InChI is InChI=1S/C19H29N3O/c1-2-16(3-1)21-12-8-19(9-13-21)23-18-6-4-17(5-7-18)22-14-10-20-11-15-22/h4-7,16,19-20H,1-3,8-15H2. The Morgan fingerprint density at radius 3 is 2.17 bits per heavy atom. The fourth-order valence-corrected chi connectivity index (χ4v) is 3.96. The summed E-state index contributed by atoms with van der Waals surface area (Å²) in [6.07, 6.45) is 7.02. The largest absolute Gasteiger partial charge is 0.490 e. The number of hydrogen-bond acceptors (Lipinski definition) is 4. The SMILES string of the molecule is c1cc(N2CCNCC2)ccc1OC1CCN(C2CCC2)CC1. The first kappa shape index (κ1) is 15.3. The van der Waals surface area contributed by atoms with Gasteiger partial charge in [-0.15, -0.1) is 0 Å². The second-order valence-corrected chi connectivity index (χ2v) is 7.17. The van der Waals surface area contributed by atoms with Crippen LogP contribution in [0.4, 0.5) is 5.69 Å². The van der Waals surface area contributed by atoms with Crippen LogP contribution in [-0.2, 0) is 0 Å². The molecule has 0 bridgehead atoms. The van der Waals surface area contributed by atoms with Crippen molar-refractivity contribution in [3.63, 3.8) is 0 Å². The van der Waals surface area contributed by atoms with E-state index in [1.54, 1.807) is 0 Å². The molecule has 0 aromatic heterocycles. The number of piperidine rings is 1. The summed E-state index contributed by atoms with van der Waals surface area (Å²) in [5.41, 5.74) is 1.32. The van der Waals surface area contributed by atoms with E-state index in [4.69, 9.17) is 4.74 Å². The Morgan fingerprint density at radius 1 is 0.870 bits per heavy atom. The zero-order valence-electron chi connectivity index (χ0n) is 14.0. The van der Waals surface area contributed by atoms with E-state index in [2.05, 4.69) is 39.4 Å². The molecular formula is C19H29N3O. The smallest absolute Gasteiger partial charge is 0.119 e. The van der Waals surface area contributed by atoms with E-state index >= 15 is 0 Å². The topological polar surface area (TPSA) is 27.7 Å². The summed E-state index contributed by atoms with van der Waals surface area (Å²) in [6, 6.07) is 9.61. The molecule has 0 spiro atoms. The number of nitrogens with zero attached hydrogens (tertiary/aromatic N) is 2. The lowest BCUT2D eigenvalue weighted by molar-refractivity contribution is 0.0493. The number of nitrogens with one attached hydrogen (secondary N) is 1. The molecule has 126 valence electrons. The van der Waals surface area contributed by atoms with Crippen molar-refractivity contribution in [2.24, 2.45) is 0 Å². The molecule has 1 aromatic carbocycles. The predicted molar refractivity (Wildman–Crippen MR) is 94.4 cm³/mol. The van der Waals surface area contributed by atoms with Gasteiger partial charge < -0.3 is 19.9 Å². The van der Waals surface area contributed by atoms with Gasteiger partial charge in [0.25, 0.3) is 0 Å². The summed E-state index contributed by atoms with van der Waals surface area (Å²) in [7, 11) is 0. The van der Waals surface area contributed by atoms with Crippen molar-refractivity contribution >= 4 is 5.69 Å². The van der Waals surface area contributed by atoms with Crippen LogP contribution in [-0.4, -0.2) is 56.3 Å². The molecule has 2 saturated heterocycles. The van der Waals surface area contributed by atoms with Crippen molar-refractivity contribution in [1.29, 1.82) is 0 Å². The lowest BCUT2D eigenvalue weighted by Crippen LogP contribution is -2.46. The lowest BCUT2D eigenvalue weighted by Gasteiger charge is -2.41. The van der Waals surface area contributed by atoms with Gasteiger partial charge in [-0.2, -0.15) is 0 Å². The molecule has 2 aliphatic heterocycles. The van der Waals surface area contributed by atoms with E-state index in [1.165, 1.54) is 50.9 Å². The average molecular weight is 315 g/mol. The van der Waals surface area contributed by atoms with Gasteiger partial charge in [-0.3, -0.25) is 0 Å². The van der Waals surface area contributed by atoms with E-state index < -0.39 is 0 Å². The normalized spacial score (nSPS) is 24.4. The van der Waals surface area contributed by atoms with Gasteiger partial charge in [-0.1, -0.05) is 6.42 Å². The quantitative estimate of drug-likeness (QED) is 0.924. The number of rotatable bonds is 4. The summed E-state index contributed by atoms with van der Waals surface area (Å²) in [6.45, 7) is 6.79. The van der Waals surface area contributed by atoms with E-state index in [9.17, 15) is 0 Å². The minimum Gasteiger partial charge on any atom is -0.490 e. The van der Waals surface area contributed by atoms with Gasteiger partial charge in [0.05, 0.1) is 0 Å². The van der Waals surface area contributed by atoms with E-state index in [1.807, 2.05) is 0 Å². The van der Waals surface area contributed by atoms with Crippen LogP contribution in [0.25, 0.3) is 0 Å². The third-order valence-corrected chi connectivity index (χ3v) is 5.69. The second-order valence-electron chi connectivity index (χ2n) is 7.17. The summed E-state index contributed by atoms with van der Waals surface area (Å²) >= 11 is 0. The maximum atomic E-state index is 6.22. The number of piperazine rings is 1. The van der Waals surface area contributed by atoms with Crippen molar-refractivity contribution < 1.29 is 4.74 Å². The molecule has 1 N–H and O–H groups in total. The lowest BCUT2D eigenvalue weighted by atomic mass is 9.90. The number of likely N-dealkylation sites (tertiary alicyclic amines) is 1. The summed E-state index contributed by atoms with van der Waals surface area (Å²) in [4.78, 5) is 5.12. The average Bonchev–Trinajstić information content (AvgIpc) is 2.57. The summed E-state index contributed by atoms with van der Waals surface area (Å²) in [5, 5.41) is 3.40. The summed E-state index contributed by atoms with van der Waals surface area (Å²) in [5.74, 6) is 1.03. The number of ether oxygens (including phenoxy) is 1. The Bertz CT molecular complexity index is 486. The fraction of sp³-hybridized carbons (Fsp3) is 0.684. The van der Waals surface area contributed by atoms with Crippen LogP contribution >= 0.6 is 0 Å². The second kappa shape index (κ2) is 7.10. The van der Waals surface area contributed by atoms with Gasteiger partial charge in [0.15, 0.2) is 0 Å². The number of benzene rings is 1. The molecule has 1 aromatic rings. The highest BCUT2D eigenvalue weighted by Crippen LogP contribution is 2.29. The summed E-state index contributed by atoms with van der Waals surface area (Å²) < 4.78 is 6.22. The molecule has 4 heteroatoms. The molecule has 4 nitrogen and oxygen atoms in total. The zero-order valence-corrected chi connectivity index (χ0v) is 14.0. The Morgan fingerprint density at radius 2 is 1.57 bits per heavy atom. The minimum absolute atomic E-state index is 0.399. The van der Waals surface area contributed by atoms with Gasteiger partial charge in [0.1, 0.15) is 11.9 Å². The highest BCUT2D eigenvalue weighted by Gasteiger charge is 2.29. The van der Waals surface area contributed by atoms with Crippen LogP contribution in [0.3, 0.4) is 0 Å². The highest BCUT2D eigenvalue weighted by molar-refractivity contribution is 5.49. The van der Waals surface area contributed by atoms with E-state index in [-0.39, 0.29) is 0 Å². The van der Waals surface area contributed by atoms with Gasteiger partial charge in [0.2, 0.25) is 0 Å². The Labute approximate surface area is 139 Å². The molecule has 1 saturated carbocycles. The van der Waals surface area contributed by atoms with Crippen molar-refractivity contribution in [3.8, 4) is 5.75 Å². The zero-order chi connectivity index (χ0) is 15.5. The first-order valence-electron chi connectivity index (χ1n) is 9.35. The number of hydrogen-bond donors (Lipinski definition) is 1. The molecular weight excluding hydrogens is 286 g/mol. The first-order chi connectivity index (χ1) is 11.4. The third-order valence-electron chi connectivity index (χ3n) is 5.69. The van der Waals surface area contributed by atoms with Gasteiger partial charge in [-0.25, -0.2) is 0 Å². The van der Waals surface area contributed by atoms with Gasteiger partial charge in [0, 0.05) is 51.0 Å². The van der Waals surface area contributed by atoms with Crippen molar-refractivity contribution in [2.75, 3.05) is 44.2 Å². The Balaban J connectivity index is 1.27. The van der Waals surface area contributed by atoms with Crippen LogP contribution in [0.2, 0.25) is 0 Å². The first-order valence-corrected chi connectivity index (χ1v) is 9.35. The minimum atomic E-state index is 0.399. The van der Waals surface area contributed by atoms with Crippen LogP contribution in [0.1, 0.15) is 32.1 Å². The van der Waals surface area contributed by atoms with E-state index in [0.29, 0.717) is 6.10 Å². The van der Waals surface area contributed by atoms with Crippen LogP contribution in [0.15, 0.2) is 24.3 Å². The molecule has 2 heterocycles. The van der Waals surface area contributed by atoms with Crippen molar-refractivity contribution in [3.05, 3.63) is 24.3 Å². The maximum Gasteiger partial charge on any atom is 0.119 e. The predicted octanol–water partition coefficient (Wildman–Crippen LogP) is 2.49. The molecule has 0 amide bonds. The van der Waals surface area contributed by atoms with Crippen LogP contribution < -0.4 is 15.0 Å². The monoisotopic (exact) mass is 315 g/mol. The molecule has 23 heavy (non-hydrogen) atoms. The van der Waals surface area contributed by atoms with E-state index in [0.717, 1.165) is 38.0 Å². The molecule has 3 fully saturated rings. The van der Waals surface area contributed by atoms with Crippen molar-refractivity contribution in [1.82, 2.24) is 10.2 Å². The Hall–Kier alpha value is -1.26. The fourth-order valence-electron chi connectivity index (χ4n) is 3.96. The van der Waals surface area contributed by atoms with Crippen LogP contribution in [0.5, 0.6) is 5.75 Å².